The zero-order valence-corrected chi connectivity index (χ0v) is 20.2. The third kappa shape index (κ3) is 5.37. The van der Waals surface area contributed by atoms with E-state index in [2.05, 4.69) is 4.98 Å². The number of nitrogens with zero attached hydrogens (tertiary/aromatic N) is 2. The summed E-state index contributed by atoms with van der Waals surface area (Å²) in [6.07, 6.45) is -12.0. The van der Waals surface area contributed by atoms with Crippen molar-refractivity contribution >= 4 is 16.7 Å². The van der Waals surface area contributed by atoms with E-state index < -0.39 is 29.1 Å². The third-order valence-electron chi connectivity index (χ3n) is 5.92. The molecule has 0 radical (unpaired) electrons. The summed E-state index contributed by atoms with van der Waals surface area (Å²) in [7, 11) is 0. The molecule has 4 rings (SSSR count). The molecular weight excluding hydrogens is 530 g/mol. The molecule has 0 spiro atoms. The van der Waals surface area contributed by atoms with Gasteiger partial charge in [0.05, 0.1) is 16.6 Å². The molecule has 0 saturated carbocycles. The number of ether oxygens (including phenoxy) is 1. The molecule has 39 heavy (non-hydrogen) atoms. The highest BCUT2D eigenvalue weighted by molar-refractivity contribution is 5.80. The molecule has 12 heteroatoms. The highest BCUT2D eigenvalue weighted by Gasteiger charge is 2.71. The molecule has 0 aliphatic carbocycles. The molecule has 1 heterocycles. The minimum absolute atomic E-state index is 0.0408. The molecule has 0 fully saturated rings. The number of alkyl halides is 6. The Hall–Kier alpha value is -4.19. The number of hydrogen-bond donors (Lipinski definition) is 1. The van der Waals surface area contributed by atoms with Crippen LogP contribution in [0, 0.1) is 0 Å². The van der Waals surface area contributed by atoms with Crippen LogP contribution in [0.25, 0.3) is 16.6 Å². The fourth-order valence-electron chi connectivity index (χ4n) is 3.99. The number of hydrogen-bond acceptors (Lipinski definition) is 5. The Balaban J connectivity index is 1.89. The second-order valence-corrected chi connectivity index (χ2v) is 8.75. The van der Waals surface area contributed by atoms with Crippen molar-refractivity contribution < 1.29 is 41.0 Å². The van der Waals surface area contributed by atoms with Crippen LogP contribution in [0.3, 0.4) is 0 Å². The van der Waals surface area contributed by atoms with Crippen molar-refractivity contribution in [1.82, 2.24) is 9.55 Å². The van der Waals surface area contributed by atoms with Crippen LogP contribution >= 0.6 is 0 Å². The van der Waals surface area contributed by atoms with E-state index in [0.29, 0.717) is 12.1 Å². The van der Waals surface area contributed by atoms with Gasteiger partial charge in [-0.1, -0.05) is 42.5 Å². The van der Waals surface area contributed by atoms with E-state index >= 15 is 0 Å². The summed E-state index contributed by atoms with van der Waals surface area (Å²) in [4.78, 5) is 29.4. The van der Waals surface area contributed by atoms with Crippen LogP contribution in [0.15, 0.2) is 77.6 Å². The summed E-state index contributed by atoms with van der Waals surface area (Å²) in [5.41, 5.74) is -6.32. The maximum absolute atomic E-state index is 13.6. The van der Waals surface area contributed by atoms with Crippen LogP contribution in [-0.4, -0.2) is 39.4 Å². The van der Waals surface area contributed by atoms with Crippen LogP contribution in [-0.2, 0) is 16.8 Å². The lowest BCUT2D eigenvalue weighted by Crippen LogP contribution is -2.53. The van der Waals surface area contributed by atoms with Crippen LogP contribution in [0.1, 0.15) is 23.9 Å². The molecule has 1 aromatic heterocycles. The highest BCUT2D eigenvalue weighted by Crippen LogP contribution is 2.50. The fourth-order valence-corrected chi connectivity index (χ4v) is 3.99. The van der Waals surface area contributed by atoms with Crippen molar-refractivity contribution in [2.75, 3.05) is 6.61 Å². The largest absolute Gasteiger partial charge is 0.486 e. The van der Waals surface area contributed by atoms with Crippen molar-refractivity contribution in [3.63, 3.8) is 0 Å². The number of halogens is 6. The number of fused-ring (bicyclic) bond motifs is 1. The first kappa shape index (κ1) is 27.8. The van der Waals surface area contributed by atoms with E-state index in [-0.39, 0.29) is 47.0 Å². The Kier molecular flexibility index (Phi) is 7.26. The minimum atomic E-state index is -6.05. The van der Waals surface area contributed by atoms with Crippen LogP contribution in [0.5, 0.6) is 5.75 Å². The van der Waals surface area contributed by atoms with Crippen molar-refractivity contribution in [2.24, 2.45) is 0 Å². The Labute approximate surface area is 217 Å². The lowest BCUT2D eigenvalue weighted by atomic mass is 9.92. The number of aliphatic hydroxyl groups is 1. The average molecular weight is 550 g/mol. The zero-order chi connectivity index (χ0) is 28.6. The highest BCUT2D eigenvalue weighted by atomic mass is 19.4. The molecule has 0 atom stereocenters. The Morgan fingerprint density at radius 2 is 1.54 bits per heavy atom. The normalized spacial score (nSPS) is 12.5. The SMILES string of the molecule is CC(=O)COc1ccc2nc(Cc3ccccc3)n(-c3ccc(C(O)(C(F)(F)F)C(F)(F)F)cc3)c(=O)c2c1. The second-order valence-electron chi connectivity index (χ2n) is 8.75. The van der Waals surface area contributed by atoms with Crippen LogP contribution in [0.4, 0.5) is 26.3 Å². The van der Waals surface area contributed by atoms with E-state index in [9.17, 15) is 41.0 Å². The molecule has 0 aliphatic rings. The lowest BCUT2D eigenvalue weighted by Gasteiger charge is -2.32. The number of ketones is 1. The Morgan fingerprint density at radius 3 is 2.10 bits per heavy atom. The van der Waals surface area contributed by atoms with Gasteiger partial charge in [-0.2, -0.15) is 26.3 Å². The number of carbonyl (C=O) groups excluding carboxylic acids is 1. The van der Waals surface area contributed by atoms with Crippen molar-refractivity contribution in [2.45, 2.75) is 31.3 Å². The standard InChI is InChI=1S/C27H20F6N2O4/c1-16(36)15-39-20-11-12-22-21(14-20)24(37)35(23(34-22)13-17-5-3-2-4-6-17)19-9-7-18(8-10-19)25(38,26(28,29)30)27(31,32)33/h2-12,14,38H,13,15H2,1H3. The van der Waals surface area contributed by atoms with Crippen molar-refractivity contribution in [3.05, 3.63) is 100 Å². The molecule has 204 valence electrons. The van der Waals surface area contributed by atoms with Gasteiger partial charge in [0.2, 0.25) is 0 Å². The van der Waals surface area contributed by atoms with Gasteiger partial charge in [0.25, 0.3) is 11.2 Å². The van der Waals surface area contributed by atoms with Gasteiger partial charge < -0.3 is 9.84 Å². The van der Waals surface area contributed by atoms with E-state index in [1.54, 1.807) is 30.3 Å². The van der Waals surface area contributed by atoms with E-state index in [1.165, 1.54) is 25.1 Å². The first-order valence-electron chi connectivity index (χ1n) is 11.4. The first-order chi connectivity index (χ1) is 18.2. The summed E-state index contributed by atoms with van der Waals surface area (Å²) in [5, 5.41) is 9.75. The van der Waals surface area contributed by atoms with E-state index in [4.69, 9.17) is 4.74 Å². The fraction of sp³-hybridized carbons (Fsp3) is 0.222. The van der Waals surface area contributed by atoms with Gasteiger partial charge in [-0.05, 0) is 42.8 Å². The molecule has 4 aromatic rings. The number of rotatable bonds is 7. The quantitative estimate of drug-likeness (QED) is 0.318. The van der Waals surface area contributed by atoms with Gasteiger partial charge in [-0.25, -0.2) is 4.98 Å². The summed E-state index contributed by atoms with van der Waals surface area (Å²) in [6.45, 7) is 1.07. The smallest absolute Gasteiger partial charge is 0.430 e. The first-order valence-corrected chi connectivity index (χ1v) is 11.4. The minimum Gasteiger partial charge on any atom is -0.486 e. The second kappa shape index (κ2) is 10.2. The topological polar surface area (TPSA) is 81.4 Å². The predicted octanol–water partition coefficient (Wildman–Crippen LogP) is 5.26. The molecule has 6 nitrogen and oxygen atoms in total. The maximum Gasteiger partial charge on any atom is 0.430 e. The number of Topliss-reactive ketones (excluding diaryl/α,β-unsaturated/α-hetero) is 1. The monoisotopic (exact) mass is 550 g/mol. The van der Waals surface area contributed by atoms with Gasteiger partial charge in [-0.3, -0.25) is 14.2 Å². The molecule has 0 amide bonds. The lowest BCUT2D eigenvalue weighted by molar-refractivity contribution is -0.376. The molecule has 3 aromatic carbocycles. The van der Waals surface area contributed by atoms with Gasteiger partial charge in [-0.15, -0.1) is 0 Å². The molecule has 1 N–H and O–H groups in total. The Bertz CT molecular complexity index is 1550. The van der Waals surface area contributed by atoms with Crippen LogP contribution < -0.4 is 10.3 Å². The van der Waals surface area contributed by atoms with Crippen molar-refractivity contribution in [3.8, 4) is 11.4 Å². The number of aromatic nitrogens is 2. The number of carbonyl (C=O) groups is 1. The van der Waals surface area contributed by atoms with E-state index in [1.807, 2.05) is 0 Å². The summed E-state index contributed by atoms with van der Waals surface area (Å²) >= 11 is 0. The zero-order valence-electron chi connectivity index (χ0n) is 20.2. The molecule has 0 aliphatic heterocycles. The van der Waals surface area contributed by atoms with Gasteiger partial charge in [0.15, 0.2) is 5.78 Å². The van der Waals surface area contributed by atoms with Gasteiger partial charge in [0, 0.05) is 12.0 Å². The molecule has 0 unspecified atom stereocenters. The molecular formula is C27H20F6N2O4. The summed E-state index contributed by atoms with van der Waals surface area (Å²) in [5.74, 6) is 0.0853. The Morgan fingerprint density at radius 1 is 0.923 bits per heavy atom. The molecule has 0 saturated heterocycles. The molecule has 0 bridgehead atoms. The van der Waals surface area contributed by atoms with Crippen LogP contribution in [0.2, 0.25) is 0 Å². The van der Waals surface area contributed by atoms with E-state index in [0.717, 1.165) is 22.3 Å². The predicted molar refractivity (Wildman–Crippen MR) is 129 cm³/mol. The number of benzene rings is 3. The third-order valence-corrected chi connectivity index (χ3v) is 5.92. The average Bonchev–Trinajstić information content (AvgIpc) is 2.87. The maximum atomic E-state index is 13.6. The van der Waals surface area contributed by atoms with Crippen molar-refractivity contribution in [1.29, 1.82) is 0 Å². The summed E-state index contributed by atoms with van der Waals surface area (Å²) < 4.78 is 86.4. The van der Waals surface area contributed by atoms with Gasteiger partial charge in [0.1, 0.15) is 18.2 Å². The summed E-state index contributed by atoms with van der Waals surface area (Å²) in [6, 6.07) is 15.8. The van der Waals surface area contributed by atoms with Gasteiger partial charge >= 0.3 is 12.4 Å².